The third-order valence-corrected chi connectivity index (χ3v) is 4.52. The van der Waals surface area contributed by atoms with Crippen molar-refractivity contribution in [1.82, 2.24) is 15.0 Å². The van der Waals surface area contributed by atoms with Gasteiger partial charge in [0.1, 0.15) is 5.69 Å². The van der Waals surface area contributed by atoms with Crippen LogP contribution in [0.1, 0.15) is 36.2 Å². The molecule has 1 aliphatic rings. The second kappa shape index (κ2) is 5.67. The van der Waals surface area contributed by atoms with E-state index in [-0.39, 0.29) is 16.8 Å². The average Bonchev–Trinajstić information content (AvgIpc) is 3.31. The first-order chi connectivity index (χ1) is 12.0. The number of carbonyl (C=O) groups excluding carboxylic acids is 3. The molecule has 3 aromatic rings. The second-order valence-corrected chi connectivity index (χ2v) is 6.45. The molecule has 0 saturated heterocycles. The van der Waals surface area contributed by atoms with E-state index < -0.39 is 17.8 Å². The summed E-state index contributed by atoms with van der Waals surface area (Å²) in [6, 6.07) is 7.88. The highest BCUT2D eigenvalue weighted by Gasteiger charge is 2.38. The van der Waals surface area contributed by atoms with Gasteiger partial charge in [0.15, 0.2) is 0 Å². The molecule has 7 nitrogen and oxygen atoms in total. The molecule has 1 aliphatic heterocycles. The number of nitrogens with one attached hydrogen (secondary N) is 1. The van der Waals surface area contributed by atoms with E-state index in [2.05, 4.69) is 9.97 Å². The van der Waals surface area contributed by atoms with Crippen LogP contribution in [0.25, 0.3) is 11.3 Å². The Labute approximate surface area is 145 Å². The number of amides is 2. The molecule has 0 bridgehead atoms. The first-order valence-electron chi connectivity index (χ1n) is 7.35. The van der Waals surface area contributed by atoms with Gasteiger partial charge in [0.2, 0.25) is 0 Å². The number of hydrogen-bond acceptors (Lipinski definition) is 6. The maximum Gasteiger partial charge on any atom is 0.379 e. The molecule has 0 fully saturated rings. The summed E-state index contributed by atoms with van der Waals surface area (Å²) in [4.78, 5) is 48.8. The van der Waals surface area contributed by atoms with Crippen molar-refractivity contribution in [1.29, 1.82) is 0 Å². The third kappa shape index (κ3) is 2.52. The Morgan fingerprint density at radius 1 is 1.20 bits per heavy atom. The number of imide groups is 1. The summed E-state index contributed by atoms with van der Waals surface area (Å²) in [5.41, 5.74) is 2.00. The number of hydrogen-bond donors (Lipinski definition) is 1. The van der Waals surface area contributed by atoms with E-state index in [1.165, 1.54) is 23.5 Å². The number of aromatic nitrogens is 2. The number of aromatic amines is 1. The molecule has 0 radical (unpaired) electrons. The quantitative estimate of drug-likeness (QED) is 0.731. The molecule has 2 amide bonds. The Kier molecular flexibility index (Phi) is 3.47. The van der Waals surface area contributed by atoms with Gasteiger partial charge >= 0.3 is 5.97 Å². The predicted octanol–water partition coefficient (Wildman–Crippen LogP) is 2.81. The summed E-state index contributed by atoms with van der Waals surface area (Å²) in [5.74, 6) is -2.14. The van der Waals surface area contributed by atoms with Gasteiger partial charge in [-0.15, -0.1) is 11.3 Å². The molecule has 1 N–H and O–H groups in total. The molecule has 0 atom stereocenters. The average molecular weight is 353 g/mol. The van der Waals surface area contributed by atoms with Gasteiger partial charge in [0.25, 0.3) is 11.8 Å². The lowest BCUT2D eigenvalue weighted by molar-refractivity contribution is -0.0588. The molecule has 0 aliphatic carbocycles. The van der Waals surface area contributed by atoms with Crippen LogP contribution in [0.3, 0.4) is 0 Å². The molecular weight excluding hydrogens is 342 g/mol. The predicted molar refractivity (Wildman–Crippen MR) is 89.0 cm³/mol. The van der Waals surface area contributed by atoms with Gasteiger partial charge in [-0.05, 0) is 25.1 Å². The van der Waals surface area contributed by atoms with Gasteiger partial charge < -0.3 is 9.82 Å². The number of thiazole rings is 1. The molecule has 25 heavy (non-hydrogen) atoms. The molecule has 8 heteroatoms. The van der Waals surface area contributed by atoms with Crippen molar-refractivity contribution >= 4 is 29.1 Å². The minimum atomic E-state index is -0.826. The molecule has 2 aromatic heterocycles. The fourth-order valence-corrected chi connectivity index (χ4v) is 3.16. The Morgan fingerprint density at radius 2 is 1.88 bits per heavy atom. The van der Waals surface area contributed by atoms with Crippen LogP contribution in [-0.4, -0.2) is 32.8 Å². The summed E-state index contributed by atoms with van der Waals surface area (Å²) < 4.78 is 0. The molecule has 4 rings (SSSR count). The van der Waals surface area contributed by atoms with E-state index in [1.54, 1.807) is 24.4 Å². The third-order valence-electron chi connectivity index (χ3n) is 3.75. The van der Waals surface area contributed by atoms with E-state index in [0.717, 1.165) is 16.3 Å². The van der Waals surface area contributed by atoms with Crippen LogP contribution in [0, 0.1) is 6.92 Å². The molecule has 0 unspecified atom stereocenters. The molecule has 1 aromatic carbocycles. The summed E-state index contributed by atoms with van der Waals surface area (Å²) in [6.45, 7) is 1.89. The molecule has 0 spiro atoms. The normalized spacial score (nSPS) is 13.2. The molecular formula is C17H11N3O4S. The Bertz CT molecular complexity index is 985. The van der Waals surface area contributed by atoms with E-state index in [4.69, 9.17) is 4.84 Å². The number of nitrogens with zero attached hydrogens (tertiary/aromatic N) is 2. The Hall–Kier alpha value is -3.26. The maximum atomic E-state index is 12.3. The first-order valence-corrected chi connectivity index (χ1v) is 8.23. The number of benzene rings is 1. The standard InChI is InChI=1S/C17H11N3O4S/c1-9-19-14(8-25-9)10-6-13(18-7-10)17(23)24-20-15(21)11-4-2-3-5-12(11)16(20)22/h2-8,18H,1H3. The highest BCUT2D eigenvalue weighted by atomic mass is 32.1. The number of aryl methyl sites for hydroxylation is 1. The van der Waals surface area contributed by atoms with Gasteiger partial charge in [-0.1, -0.05) is 17.2 Å². The molecule has 124 valence electrons. The van der Waals surface area contributed by atoms with Crippen molar-refractivity contribution < 1.29 is 19.2 Å². The fourth-order valence-electron chi connectivity index (χ4n) is 2.54. The molecule has 3 heterocycles. The van der Waals surface area contributed by atoms with E-state index in [0.29, 0.717) is 5.06 Å². The highest BCUT2D eigenvalue weighted by Crippen LogP contribution is 2.25. The number of carbonyl (C=O) groups is 3. The number of fused-ring (bicyclic) bond motifs is 1. The van der Waals surface area contributed by atoms with Crippen LogP contribution in [0.15, 0.2) is 41.9 Å². The Balaban J connectivity index is 1.55. The summed E-state index contributed by atoms with van der Waals surface area (Å²) in [5, 5.41) is 3.27. The largest absolute Gasteiger partial charge is 0.379 e. The lowest BCUT2D eigenvalue weighted by Gasteiger charge is -2.11. The number of H-pyrrole nitrogens is 1. The maximum absolute atomic E-state index is 12.3. The van der Waals surface area contributed by atoms with Crippen molar-refractivity contribution in [2.45, 2.75) is 6.92 Å². The van der Waals surface area contributed by atoms with Crippen molar-refractivity contribution in [3.8, 4) is 11.3 Å². The first kappa shape index (κ1) is 15.3. The molecule has 0 saturated carbocycles. The van der Waals surface area contributed by atoms with E-state index in [1.807, 2.05) is 12.3 Å². The van der Waals surface area contributed by atoms with Crippen LogP contribution in [0.2, 0.25) is 0 Å². The lowest BCUT2D eigenvalue weighted by atomic mass is 10.1. The van der Waals surface area contributed by atoms with E-state index in [9.17, 15) is 14.4 Å². The zero-order valence-corrected chi connectivity index (χ0v) is 13.8. The second-order valence-electron chi connectivity index (χ2n) is 5.38. The highest BCUT2D eigenvalue weighted by molar-refractivity contribution is 7.09. The van der Waals surface area contributed by atoms with Crippen LogP contribution in [0.4, 0.5) is 0 Å². The van der Waals surface area contributed by atoms with Crippen molar-refractivity contribution in [2.24, 2.45) is 0 Å². The van der Waals surface area contributed by atoms with Gasteiger partial charge in [0, 0.05) is 17.1 Å². The van der Waals surface area contributed by atoms with E-state index >= 15 is 0 Å². The van der Waals surface area contributed by atoms with Crippen LogP contribution in [-0.2, 0) is 4.84 Å². The topological polar surface area (TPSA) is 92.4 Å². The van der Waals surface area contributed by atoms with Crippen LogP contribution < -0.4 is 0 Å². The lowest BCUT2D eigenvalue weighted by Crippen LogP contribution is -2.32. The van der Waals surface area contributed by atoms with Gasteiger partial charge in [-0.3, -0.25) is 9.59 Å². The van der Waals surface area contributed by atoms with Crippen LogP contribution in [0.5, 0.6) is 0 Å². The number of hydroxylamine groups is 2. The van der Waals surface area contributed by atoms with Crippen molar-refractivity contribution in [2.75, 3.05) is 0 Å². The summed E-state index contributed by atoms with van der Waals surface area (Å²) >= 11 is 1.50. The zero-order valence-electron chi connectivity index (χ0n) is 13.0. The zero-order chi connectivity index (χ0) is 17.6. The minimum absolute atomic E-state index is 0.122. The van der Waals surface area contributed by atoms with Crippen molar-refractivity contribution in [3.63, 3.8) is 0 Å². The van der Waals surface area contributed by atoms with Crippen molar-refractivity contribution in [3.05, 3.63) is 63.7 Å². The van der Waals surface area contributed by atoms with Crippen LogP contribution >= 0.6 is 11.3 Å². The summed E-state index contributed by atoms with van der Waals surface area (Å²) in [7, 11) is 0. The Morgan fingerprint density at radius 3 is 2.48 bits per heavy atom. The smallest absolute Gasteiger partial charge is 0.355 e. The monoisotopic (exact) mass is 353 g/mol. The van der Waals surface area contributed by atoms with Gasteiger partial charge in [-0.2, -0.15) is 0 Å². The summed E-state index contributed by atoms with van der Waals surface area (Å²) in [6.07, 6.45) is 1.62. The minimum Gasteiger partial charge on any atom is -0.355 e. The fraction of sp³-hybridized carbons (Fsp3) is 0.0588. The van der Waals surface area contributed by atoms with Gasteiger partial charge in [-0.25, -0.2) is 9.78 Å². The number of rotatable bonds is 3. The SMILES string of the molecule is Cc1nc(-c2c[nH]c(C(=O)ON3C(=O)c4ccccc4C3=O)c2)cs1. The van der Waals surface area contributed by atoms with Gasteiger partial charge in [0.05, 0.1) is 21.8 Å².